The molecule has 1 heterocycles. The first kappa shape index (κ1) is 11.7. The van der Waals surface area contributed by atoms with Gasteiger partial charge in [-0.25, -0.2) is 4.68 Å². The Labute approximate surface area is 101 Å². The summed E-state index contributed by atoms with van der Waals surface area (Å²) < 4.78 is 7.02. The van der Waals surface area contributed by atoms with Gasteiger partial charge in [0.15, 0.2) is 0 Å². The van der Waals surface area contributed by atoms with Crippen LogP contribution < -0.4 is 10.5 Å². The molecule has 17 heavy (non-hydrogen) atoms. The van der Waals surface area contributed by atoms with Gasteiger partial charge in [0.1, 0.15) is 5.75 Å². The Kier molecular flexibility index (Phi) is 3.15. The van der Waals surface area contributed by atoms with Crippen LogP contribution in [-0.4, -0.2) is 16.9 Å². The van der Waals surface area contributed by atoms with E-state index in [2.05, 4.69) is 5.10 Å². The van der Waals surface area contributed by atoms with Crippen molar-refractivity contribution in [1.82, 2.24) is 9.78 Å². The number of aromatic nitrogens is 2. The van der Waals surface area contributed by atoms with Gasteiger partial charge < -0.3 is 10.5 Å². The first-order valence-corrected chi connectivity index (χ1v) is 5.58. The first-order chi connectivity index (χ1) is 8.13. The van der Waals surface area contributed by atoms with Gasteiger partial charge in [-0.05, 0) is 38.1 Å². The molecular weight excluding hydrogens is 214 g/mol. The Morgan fingerprint density at radius 2 is 1.94 bits per heavy atom. The van der Waals surface area contributed by atoms with E-state index in [0.717, 1.165) is 22.7 Å². The van der Waals surface area contributed by atoms with Crippen LogP contribution in [0.15, 0.2) is 30.5 Å². The van der Waals surface area contributed by atoms with Gasteiger partial charge in [-0.15, -0.1) is 0 Å². The maximum atomic E-state index is 5.88. The molecule has 2 aromatic rings. The highest BCUT2D eigenvalue weighted by Crippen LogP contribution is 2.20. The molecule has 2 rings (SSSR count). The van der Waals surface area contributed by atoms with Gasteiger partial charge in [0, 0.05) is 17.3 Å². The summed E-state index contributed by atoms with van der Waals surface area (Å²) in [5.74, 6) is 0.839. The van der Waals surface area contributed by atoms with Crippen LogP contribution >= 0.6 is 0 Å². The number of methoxy groups -OCH3 is 1. The summed E-state index contributed by atoms with van der Waals surface area (Å²) >= 11 is 0. The Balaban J connectivity index is 2.39. The summed E-state index contributed by atoms with van der Waals surface area (Å²) in [6.45, 7) is 3.98. The molecule has 0 aliphatic heterocycles. The van der Waals surface area contributed by atoms with Crippen molar-refractivity contribution in [2.75, 3.05) is 7.11 Å². The monoisotopic (exact) mass is 231 g/mol. The highest BCUT2D eigenvalue weighted by molar-refractivity contribution is 5.39. The quantitative estimate of drug-likeness (QED) is 0.881. The van der Waals surface area contributed by atoms with Crippen LogP contribution in [0.2, 0.25) is 0 Å². The molecule has 0 saturated carbocycles. The maximum Gasteiger partial charge on any atom is 0.119 e. The zero-order valence-corrected chi connectivity index (χ0v) is 10.3. The predicted molar refractivity (Wildman–Crippen MR) is 67.5 cm³/mol. The summed E-state index contributed by atoms with van der Waals surface area (Å²) in [5.41, 5.74) is 9.03. The van der Waals surface area contributed by atoms with E-state index in [1.54, 1.807) is 7.11 Å². The lowest BCUT2D eigenvalue weighted by atomic mass is 10.1. The fraction of sp³-hybridized carbons (Fsp3) is 0.308. The van der Waals surface area contributed by atoms with Gasteiger partial charge >= 0.3 is 0 Å². The standard InChI is InChI=1S/C13H17N3O/c1-9(14)13-8-15-16(10(13)2)11-4-6-12(17-3)7-5-11/h4-9H,14H2,1-3H3/t9-/m0/s1. The molecule has 0 aliphatic rings. The number of nitrogens with two attached hydrogens (primary N) is 1. The predicted octanol–water partition coefficient (Wildman–Crippen LogP) is 2.21. The lowest BCUT2D eigenvalue weighted by Crippen LogP contribution is -2.07. The average molecular weight is 231 g/mol. The van der Waals surface area contributed by atoms with Gasteiger partial charge in [-0.1, -0.05) is 0 Å². The third-order valence-corrected chi connectivity index (χ3v) is 2.86. The highest BCUT2D eigenvalue weighted by atomic mass is 16.5. The van der Waals surface area contributed by atoms with E-state index in [9.17, 15) is 0 Å². The zero-order chi connectivity index (χ0) is 12.4. The lowest BCUT2D eigenvalue weighted by molar-refractivity contribution is 0.414. The maximum absolute atomic E-state index is 5.88. The van der Waals surface area contributed by atoms with Gasteiger partial charge in [-0.3, -0.25) is 0 Å². The SMILES string of the molecule is COc1ccc(-n2ncc([C@H](C)N)c2C)cc1. The van der Waals surface area contributed by atoms with Crippen LogP contribution in [0.1, 0.15) is 24.2 Å². The first-order valence-electron chi connectivity index (χ1n) is 5.58. The molecule has 4 heteroatoms. The summed E-state index contributed by atoms with van der Waals surface area (Å²) in [6, 6.07) is 7.79. The van der Waals surface area contributed by atoms with Crippen molar-refractivity contribution in [3.8, 4) is 11.4 Å². The van der Waals surface area contributed by atoms with Crippen molar-refractivity contribution in [3.05, 3.63) is 41.7 Å². The molecule has 0 amide bonds. The topological polar surface area (TPSA) is 53.1 Å². The molecular formula is C13H17N3O. The van der Waals surface area contributed by atoms with Crippen molar-refractivity contribution >= 4 is 0 Å². The van der Waals surface area contributed by atoms with Crippen LogP contribution in [0.3, 0.4) is 0 Å². The third-order valence-electron chi connectivity index (χ3n) is 2.86. The number of nitrogens with zero attached hydrogens (tertiary/aromatic N) is 2. The van der Waals surface area contributed by atoms with Crippen molar-refractivity contribution in [2.45, 2.75) is 19.9 Å². The van der Waals surface area contributed by atoms with Crippen LogP contribution in [0.5, 0.6) is 5.75 Å². The second-order valence-electron chi connectivity index (χ2n) is 4.08. The summed E-state index contributed by atoms with van der Waals surface area (Å²) in [5, 5.41) is 4.36. The summed E-state index contributed by atoms with van der Waals surface area (Å²) in [6.07, 6.45) is 1.82. The Morgan fingerprint density at radius 3 is 2.41 bits per heavy atom. The summed E-state index contributed by atoms with van der Waals surface area (Å²) in [7, 11) is 1.66. The Hall–Kier alpha value is -1.81. The van der Waals surface area contributed by atoms with Crippen LogP contribution in [0.4, 0.5) is 0 Å². The average Bonchev–Trinajstić information content (AvgIpc) is 2.71. The number of rotatable bonds is 3. The van der Waals surface area contributed by atoms with Crippen molar-refractivity contribution in [3.63, 3.8) is 0 Å². The van der Waals surface area contributed by atoms with E-state index in [1.807, 2.05) is 49.0 Å². The molecule has 0 unspecified atom stereocenters. The van der Waals surface area contributed by atoms with E-state index < -0.39 is 0 Å². The van der Waals surface area contributed by atoms with Crippen LogP contribution in [0.25, 0.3) is 5.69 Å². The number of benzene rings is 1. The molecule has 0 spiro atoms. The molecule has 1 atom stereocenters. The van der Waals surface area contributed by atoms with Gasteiger partial charge in [-0.2, -0.15) is 5.10 Å². The molecule has 0 aliphatic carbocycles. The van der Waals surface area contributed by atoms with Crippen molar-refractivity contribution < 1.29 is 4.74 Å². The minimum atomic E-state index is 0.00185. The van der Waals surface area contributed by atoms with Gasteiger partial charge in [0.2, 0.25) is 0 Å². The molecule has 1 aromatic heterocycles. The van der Waals surface area contributed by atoms with Gasteiger partial charge in [0.25, 0.3) is 0 Å². The molecule has 1 aromatic carbocycles. The van der Waals surface area contributed by atoms with Crippen molar-refractivity contribution in [1.29, 1.82) is 0 Å². The third kappa shape index (κ3) is 2.17. The number of hydrogen-bond donors (Lipinski definition) is 1. The Bertz CT molecular complexity index is 500. The normalized spacial score (nSPS) is 12.5. The highest BCUT2D eigenvalue weighted by Gasteiger charge is 2.10. The minimum absolute atomic E-state index is 0.00185. The van der Waals surface area contributed by atoms with Gasteiger partial charge in [0.05, 0.1) is 19.0 Å². The molecule has 90 valence electrons. The second kappa shape index (κ2) is 4.59. The fourth-order valence-electron chi connectivity index (χ4n) is 1.85. The minimum Gasteiger partial charge on any atom is -0.497 e. The molecule has 0 fully saturated rings. The van der Waals surface area contributed by atoms with E-state index >= 15 is 0 Å². The van der Waals surface area contributed by atoms with Crippen LogP contribution in [-0.2, 0) is 0 Å². The van der Waals surface area contributed by atoms with E-state index in [0.29, 0.717) is 0 Å². The Morgan fingerprint density at radius 1 is 1.29 bits per heavy atom. The van der Waals surface area contributed by atoms with E-state index in [4.69, 9.17) is 10.5 Å². The second-order valence-corrected chi connectivity index (χ2v) is 4.08. The summed E-state index contributed by atoms with van der Waals surface area (Å²) in [4.78, 5) is 0. The van der Waals surface area contributed by atoms with Crippen molar-refractivity contribution in [2.24, 2.45) is 5.73 Å². The molecule has 4 nitrogen and oxygen atoms in total. The smallest absolute Gasteiger partial charge is 0.119 e. The van der Waals surface area contributed by atoms with E-state index in [-0.39, 0.29) is 6.04 Å². The number of ether oxygens (including phenoxy) is 1. The molecule has 2 N–H and O–H groups in total. The number of hydrogen-bond acceptors (Lipinski definition) is 3. The lowest BCUT2D eigenvalue weighted by Gasteiger charge is -2.08. The fourth-order valence-corrected chi connectivity index (χ4v) is 1.85. The van der Waals surface area contributed by atoms with E-state index in [1.165, 1.54) is 0 Å². The molecule has 0 saturated heterocycles. The largest absolute Gasteiger partial charge is 0.497 e. The van der Waals surface area contributed by atoms with Crippen LogP contribution in [0, 0.1) is 6.92 Å². The molecule has 0 bridgehead atoms. The molecule has 0 radical (unpaired) electrons. The zero-order valence-electron chi connectivity index (χ0n) is 10.3.